The van der Waals surface area contributed by atoms with Crippen LogP contribution in [0.4, 0.5) is 10.1 Å². The minimum Gasteiger partial charge on any atom is -0.497 e. The van der Waals surface area contributed by atoms with E-state index in [1.165, 1.54) is 23.9 Å². The number of ether oxygens (including phenoxy) is 1. The molecule has 7 nitrogen and oxygen atoms in total. The lowest BCUT2D eigenvalue weighted by atomic mass is 10.2. The lowest BCUT2D eigenvalue weighted by Gasteiger charge is -2.11. The molecular weight excluding hydrogens is 381 g/mol. The number of anilines is 1. The number of hydrogen-bond acceptors (Lipinski definition) is 6. The van der Waals surface area contributed by atoms with Gasteiger partial charge in [-0.3, -0.25) is 4.79 Å². The van der Waals surface area contributed by atoms with E-state index in [1.54, 1.807) is 44.4 Å². The van der Waals surface area contributed by atoms with Crippen LogP contribution in [-0.4, -0.2) is 38.4 Å². The van der Waals surface area contributed by atoms with E-state index in [4.69, 9.17) is 4.74 Å². The van der Waals surface area contributed by atoms with Crippen molar-refractivity contribution < 1.29 is 13.9 Å². The zero-order valence-electron chi connectivity index (χ0n) is 15.1. The molecule has 1 amide bonds. The van der Waals surface area contributed by atoms with Crippen LogP contribution in [0, 0.1) is 5.82 Å². The summed E-state index contributed by atoms with van der Waals surface area (Å²) in [4.78, 5) is 19.9. The first-order valence-corrected chi connectivity index (χ1v) is 9.34. The summed E-state index contributed by atoms with van der Waals surface area (Å²) in [6, 6.07) is 11.5. The highest BCUT2D eigenvalue weighted by Gasteiger charge is 2.18. The van der Waals surface area contributed by atoms with E-state index in [2.05, 4.69) is 25.5 Å². The Morgan fingerprint density at radius 2 is 2.00 bits per heavy atom. The Morgan fingerprint density at radius 1 is 1.21 bits per heavy atom. The van der Waals surface area contributed by atoms with E-state index in [-0.39, 0.29) is 11.7 Å². The van der Waals surface area contributed by atoms with Crippen LogP contribution >= 0.6 is 11.8 Å². The van der Waals surface area contributed by atoms with Crippen LogP contribution in [-0.2, 0) is 4.79 Å². The molecule has 9 heteroatoms. The number of nitrogens with zero attached hydrogens (tertiary/aromatic N) is 3. The van der Waals surface area contributed by atoms with Gasteiger partial charge in [-0.2, -0.15) is 0 Å². The van der Waals surface area contributed by atoms with Crippen molar-refractivity contribution in [3.05, 3.63) is 48.3 Å². The van der Waals surface area contributed by atoms with Crippen LogP contribution in [0.5, 0.6) is 5.75 Å². The molecule has 0 saturated carbocycles. The molecule has 0 radical (unpaired) electrons. The maximum Gasteiger partial charge on any atom is 0.237 e. The topological polar surface area (TPSA) is 92.8 Å². The molecule has 2 aromatic carbocycles. The zero-order chi connectivity index (χ0) is 19.7. The summed E-state index contributed by atoms with van der Waals surface area (Å²) in [5.41, 5.74) is 2.39. The molecule has 2 N–H and O–H groups in total. The maximum atomic E-state index is 13.5. The fourth-order valence-corrected chi connectivity index (χ4v) is 3.42. The van der Waals surface area contributed by atoms with Gasteiger partial charge in [-0.15, -0.1) is 10.2 Å². The Kier molecular flexibility index (Phi) is 4.82. The molecule has 0 aliphatic rings. The Morgan fingerprint density at radius 3 is 2.75 bits per heavy atom. The van der Waals surface area contributed by atoms with Crippen molar-refractivity contribution in [1.29, 1.82) is 0 Å². The quantitative estimate of drug-likeness (QED) is 0.498. The lowest BCUT2D eigenvalue weighted by Crippen LogP contribution is -2.22. The van der Waals surface area contributed by atoms with E-state index >= 15 is 0 Å². The highest BCUT2D eigenvalue weighted by atomic mass is 32.2. The SMILES string of the molecule is COc1ccc(NC(=O)C(C)Sc2nnc3c(n2)[nH]c2ccc(F)cc23)cc1. The molecule has 0 fully saturated rings. The summed E-state index contributed by atoms with van der Waals surface area (Å²) in [6.07, 6.45) is 0. The van der Waals surface area contributed by atoms with Crippen molar-refractivity contribution in [2.75, 3.05) is 12.4 Å². The van der Waals surface area contributed by atoms with Crippen LogP contribution in [0.1, 0.15) is 6.92 Å². The van der Waals surface area contributed by atoms with Gasteiger partial charge in [0.15, 0.2) is 5.65 Å². The number of carbonyl (C=O) groups is 1. The molecule has 2 aromatic heterocycles. The number of H-pyrrole nitrogens is 1. The number of aromatic nitrogens is 4. The molecule has 1 unspecified atom stereocenters. The molecule has 4 rings (SSSR count). The van der Waals surface area contributed by atoms with Crippen molar-refractivity contribution in [2.24, 2.45) is 0 Å². The third-order valence-electron chi connectivity index (χ3n) is 4.17. The van der Waals surface area contributed by atoms with Crippen molar-refractivity contribution in [3.8, 4) is 5.75 Å². The van der Waals surface area contributed by atoms with Crippen molar-refractivity contribution in [2.45, 2.75) is 17.3 Å². The van der Waals surface area contributed by atoms with E-state index in [0.717, 1.165) is 5.52 Å². The molecule has 0 aliphatic carbocycles. The number of aromatic amines is 1. The van der Waals surface area contributed by atoms with Gasteiger partial charge < -0.3 is 15.0 Å². The summed E-state index contributed by atoms with van der Waals surface area (Å²) in [5.74, 6) is 0.182. The van der Waals surface area contributed by atoms with Gasteiger partial charge in [0.05, 0.1) is 12.4 Å². The van der Waals surface area contributed by atoms with Gasteiger partial charge in [-0.1, -0.05) is 11.8 Å². The summed E-state index contributed by atoms with van der Waals surface area (Å²) < 4.78 is 18.6. The molecule has 0 bridgehead atoms. The molecule has 0 spiro atoms. The average Bonchev–Trinajstić information content (AvgIpc) is 3.05. The van der Waals surface area contributed by atoms with Gasteiger partial charge in [-0.25, -0.2) is 9.37 Å². The fraction of sp³-hybridized carbons (Fsp3) is 0.158. The van der Waals surface area contributed by atoms with E-state index in [0.29, 0.717) is 33.1 Å². The van der Waals surface area contributed by atoms with Crippen LogP contribution < -0.4 is 10.1 Å². The minimum absolute atomic E-state index is 0.183. The maximum absolute atomic E-state index is 13.5. The number of rotatable bonds is 5. The van der Waals surface area contributed by atoms with E-state index < -0.39 is 5.25 Å². The number of methoxy groups -OCH3 is 1. The molecule has 0 aliphatic heterocycles. The summed E-state index contributed by atoms with van der Waals surface area (Å²) in [5, 5.41) is 11.6. The highest BCUT2D eigenvalue weighted by molar-refractivity contribution is 8.00. The number of carbonyl (C=O) groups excluding carboxylic acids is 1. The van der Waals surface area contributed by atoms with E-state index in [1.807, 2.05) is 0 Å². The average molecular weight is 397 g/mol. The molecule has 4 aromatic rings. The van der Waals surface area contributed by atoms with Gasteiger partial charge in [0.25, 0.3) is 0 Å². The second kappa shape index (κ2) is 7.43. The van der Waals surface area contributed by atoms with Gasteiger partial charge in [0.2, 0.25) is 11.1 Å². The molecule has 1 atom stereocenters. The summed E-state index contributed by atoms with van der Waals surface area (Å²) in [7, 11) is 1.58. The second-order valence-corrected chi connectivity index (χ2v) is 7.39. The van der Waals surface area contributed by atoms with Crippen LogP contribution in [0.25, 0.3) is 22.1 Å². The standard InChI is InChI=1S/C19H16FN5O2S/c1-10(18(26)21-12-4-6-13(27-2)7-5-12)28-19-23-17-16(24-25-19)14-9-11(20)3-8-15(14)22-17/h3-10H,1-2H3,(H,21,26)(H,22,23,25). The highest BCUT2D eigenvalue weighted by Crippen LogP contribution is 2.26. The Balaban J connectivity index is 1.50. The van der Waals surface area contributed by atoms with Crippen molar-refractivity contribution in [3.63, 3.8) is 0 Å². The predicted molar refractivity (Wildman–Crippen MR) is 106 cm³/mol. The normalized spacial score (nSPS) is 12.2. The van der Waals surface area contributed by atoms with Gasteiger partial charge in [-0.05, 0) is 49.4 Å². The first-order chi connectivity index (χ1) is 13.5. The smallest absolute Gasteiger partial charge is 0.237 e. The first kappa shape index (κ1) is 18.2. The number of hydrogen-bond donors (Lipinski definition) is 2. The van der Waals surface area contributed by atoms with Crippen LogP contribution in [0.2, 0.25) is 0 Å². The number of benzene rings is 2. The second-order valence-electron chi connectivity index (χ2n) is 6.08. The van der Waals surface area contributed by atoms with Crippen LogP contribution in [0.3, 0.4) is 0 Å². The van der Waals surface area contributed by atoms with Gasteiger partial charge >= 0.3 is 0 Å². The van der Waals surface area contributed by atoms with Gasteiger partial charge in [0, 0.05) is 16.6 Å². The monoisotopic (exact) mass is 397 g/mol. The first-order valence-electron chi connectivity index (χ1n) is 8.47. The Bertz CT molecular complexity index is 1160. The fourth-order valence-electron chi connectivity index (χ4n) is 2.71. The molecule has 0 saturated heterocycles. The largest absolute Gasteiger partial charge is 0.497 e. The number of thioether (sulfide) groups is 1. The Hall–Kier alpha value is -3.20. The van der Waals surface area contributed by atoms with Crippen LogP contribution in [0.15, 0.2) is 47.6 Å². The zero-order valence-corrected chi connectivity index (χ0v) is 15.9. The molecular formula is C19H16FN5O2S. The Labute approximate surface area is 163 Å². The van der Waals surface area contributed by atoms with E-state index in [9.17, 15) is 9.18 Å². The number of amides is 1. The molecule has 2 heterocycles. The third kappa shape index (κ3) is 3.61. The number of nitrogens with one attached hydrogen (secondary N) is 2. The van der Waals surface area contributed by atoms with Crippen molar-refractivity contribution in [1.82, 2.24) is 20.2 Å². The molecule has 142 valence electrons. The summed E-state index contributed by atoms with van der Waals surface area (Å²) >= 11 is 1.19. The summed E-state index contributed by atoms with van der Waals surface area (Å²) in [6.45, 7) is 1.76. The number of fused-ring (bicyclic) bond motifs is 3. The van der Waals surface area contributed by atoms with Gasteiger partial charge in [0.1, 0.15) is 17.1 Å². The molecule has 28 heavy (non-hydrogen) atoms. The lowest BCUT2D eigenvalue weighted by molar-refractivity contribution is -0.115. The number of halogens is 1. The minimum atomic E-state index is -0.442. The van der Waals surface area contributed by atoms with Crippen molar-refractivity contribution >= 4 is 45.4 Å². The third-order valence-corrected chi connectivity index (χ3v) is 5.12. The predicted octanol–water partition coefficient (Wildman–Crippen LogP) is 3.77.